The molecule has 11 aromatic carbocycles. The largest absolute Gasteiger partial charge is 0.508 e. The molecule has 0 saturated heterocycles. The summed E-state index contributed by atoms with van der Waals surface area (Å²) in [5.41, 5.74) is 19.8. The van der Waals surface area contributed by atoms with Crippen molar-refractivity contribution in [1.29, 1.82) is 0 Å². The zero-order valence-electron chi connectivity index (χ0n) is 57.5. The van der Waals surface area contributed by atoms with E-state index in [1.807, 2.05) is 185 Å². The molecule has 0 aliphatic heterocycles. The molecule has 0 bridgehead atoms. The topological polar surface area (TPSA) is 223 Å². The van der Waals surface area contributed by atoms with Crippen LogP contribution in [0.1, 0.15) is 141 Å². The van der Waals surface area contributed by atoms with Gasteiger partial charge in [0, 0.05) is 17.3 Å². The van der Waals surface area contributed by atoms with Crippen molar-refractivity contribution in [2.45, 2.75) is 126 Å². The van der Waals surface area contributed by atoms with E-state index >= 15 is 0 Å². The summed E-state index contributed by atoms with van der Waals surface area (Å²) < 4.78 is 0. The Balaban J connectivity index is 0.000000173. The zero-order chi connectivity index (χ0) is 70.4. The van der Waals surface area contributed by atoms with Crippen molar-refractivity contribution in [3.05, 3.63) is 323 Å². The van der Waals surface area contributed by atoms with Gasteiger partial charge in [-0.25, -0.2) is 0 Å². The molecule has 0 aliphatic rings. The minimum Gasteiger partial charge on any atom is -0.508 e. The Bertz CT molecular complexity index is 4120. The van der Waals surface area contributed by atoms with Gasteiger partial charge in [0.2, 0.25) is 0 Å². The maximum Gasteiger partial charge on any atom is 0.118 e. The Morgan fingerprint density at radius 2 is 0.381 bits per heavy atom. The molecule has 11 rings (SSSR count). The van der Waals surface area contributed by atoms with Crippen molar-refractivity contribution in [2.75, 3.05) is 0 Å². The predicted molar refractivity (Wildman–Crippen MR) is 388 cm³/mol. The molecule has 0 spiro atoms. The minimum absolute atomic E-state index is 0.161. The van der Waals surface area contributed by atoms with E-state index in [4.69, 9.17) is 0 Å². The van der Waals surface area contributed by atoms with Gasteiger partial charge in [-0.15, -0.1) is 0 Å². The van der Waals surface area contributed by atoms with Crippen molar-refractivity contribution in [2.24, 2.45) is 5.41 Å². The third-order valence-corrected chi connectivity index (χ3v) is 19.3. The van der Waals surface area contributed by atoms with Gasteiger partial charge >= 0.3 is 0 Å². The molecule has 0 atom stereocenters. The zero-order valence-corrected chi connectivity index (χ0v) is 57.5. The number of aryl methyl sites for hydroxylation is 11. The quantitative estimate of drug-likeness (QED) is 0.0409. The Labute approximate surface area is 570 Å². The van der Waals surface area contributed by atoms with E-state index in [2.05, 4.69) is 31.2 Å². The molecule has 500 valence electrons. The molecule has 0 saturated carbocycles. The van der Waals surface area contributed by atoms with Crippen LogP contribution in [0.4, 0.5) is 0 Å². The Morgan fingerprint density at radius 1 is 0.216 bits per heavy atom. The summed E-state index contributed by atoms with van der Waals surface area (Å²) in [6, 6.07) is 62.6. The van der Waals surface area contributed by atoms with Crippen LogP contribution in [0.25, 0.3) is 0 Å². The number of aromatic hydroxyl groups is 11. The van der Waals surface area contributed by atoms with E-state index in [1.54, 1.807) is 66.7 Å². The number of hydrogen-bond donors (Lipinski definition) is 11. The predicted octanol–water partition coefficient (Wildman–Crippen LogP) is 18.8. The molecule has 0 heterocycles. The minimum atomic E-state index is -0.505. The summed E-state index contributed by atoms with van der Waals surface area (Å²) in [5, 5.41) is 111. The third-order valence-electron chi connectivity index (χ3n) is 19.3. The SMILES string of the molecule is Cc1cc(C(C)(c2ccc(O)c(C)c2)c2ccc(O)c(C)c2)ccc1O.Cc1cc(C(c2ccc(O)c(C)c2)C(c2ccc(O)c(C)c2)c2ccc(O)c(C)c2)ccc1O.Cc1cc(CC(Cc2ccc(O)c(C)c2)(Cc2ccc(O)c(C)c2)Cc2ccc(O)c(C)c2)ccc1O. The monoisotopic (exact) mass is 1300 g/mol. The highest BCUT2D eigenvalue weighted by molar-refractivity contribution is 5.57. The second-order valence-corrected chi connectivity index (χ2v) is 27.0. The van der Waals surface area contributed by atoms with E-state index in [0.717, 1.165) is 148 Å². The molecular weight excluding hydrogens is 1210 g/mol. The number of phenolic OH excluding ortho intramolecular Hbond substituents is 11. The van der Waals surface area contributed by atoms with Gasteiger partial charge in [-0.05, 0) is 303 Å². The van der Waals surface area contributed by atoms with Crippen LogP contribution in [0.15, 0.2) is 200 Å². The summed E-state index contributed by atoms with van der Waals surface area (Å²) in [4.78, 5) is 0. The van der Waals surface area contributed by atoms with Crippen LogP contribution in [0.3, 0.4) is 0 Å². The van der Waals surface area contributed by atoms with Crippen molar-refractivity contribution in [3.8, 4) is 63.2 Å². The lowest BCUT2D eigenvalue weighted by Crippen LogP contribution is -2.32. The van der Waals surface area contributed by atoms with E-state index in [1.165, 1.54) is 0 Å². The third kappa shape index (κ3) is 16.3. The molecule has 0 aromatic heterocycles. The lowest BCUT2D eigenvalue weighted by molar-refractivity contribution is 0.274. The number of benzene rings is 11. The van der Waals surface area contributed by atoms with Crippen molar-refractivity contribution >= 4 is 0 Å². The molecule has 11 N–H and O–H groups in total. The molecule has 0 amide bonds. The van der Waals surface area contributed by atoms with E-state index in [9.17, 15) is 56.2 Å². The first-order valence-electron chi connectivity index (χ1n) is 32.6. The lowest BCUT2D eigenvalue weighted by Gasteiger charge is -2.36. The molecular formula is C86H90O11. The highest BCUT2D eigenvalue weighted by Crippen LogP contribution is 2.47. The van der Waals surface area contributed by atoms with Crippen LogP contribution in [-0.4, -0.2) is 56.2 Å². The van der Waals surface area contributed by atoms with E-state index in [-0.39, 0.29) is 80.5 Å². The highest BCUT2D eigenvalue weighted by atomic mass is 16.3. The second-order valence-electron chi connectivity index (χ2n) is 27.0. The van der Waals surface area contributed by atoms with Crippen LogP contribution in [-0.2, 0) is 31.1 Å². The van der Waals surface area contributed by atoms with Gasteiger partial charge in [0.1, 0.15) is 63.2 Å². The van der Waals surface area contributed by atoms with E-state index < -0.39 is 5.41 Å². The number of phenols is 11. The molecule has 97 heavy (non-hydrogen) atoms. The van der Waals surface area contributed by atoms with Crippen molar-refractivity contribution < 1.29 is 56.2 Å². The van der Waals surface area contributed by atoms with Gasteiger partial charge in [0.05, 0.1) is 0 Å². The molecule has 0 aliphatic carbocycles. The van der Waals surface area contributed by atoms with Crippen molar-refractivity contribution in [3.63, 3.8) is 0 Å². The van der Waals surface area contributed by atoms with Crippen LogP contribution in [0.2, 0.25) is 0 Å². The maximum absolute atomic E-state index is 10.2. The fourth-order valence-electron chi connectivity index (χ4n) is 13.5. The summed E-state index contributed by atoms with van der Waals surface area (Å²) in [6.07, 6.45) is 3.03. The number of hydrogen-bond acceptors (Lipinski definition) is 11. The van der Waals surface area contributed by atoms with Gasteiger partial charge in [-0.2, -0.15) is 0 Å². The molecule has 0 radical (unpaired) electrons. The molecule has 11 nitrogen and oxygen atoms in total. The summed E-state index contributed by atoms with van der Waals surface area (Å²) in [5.74, 6) is 2.56. The molecule has 11 heteroatoms. The second kappa shape index (κ2) is 29.5. The normalized spacial score (nSPS) is 11.5. The fraction of sp³-hybridized carbons (Fsp3) is 0.233. The van der Waals surface area contributed by atoms with Gasteiger partial charge in [0.25, 0.3) is 0 Å². The van der Waals surface area contributed by atoms with Gasteiger partial charge in [0.15, 0.2) is 0 Å². The summed E-state index contributed by atoms with van der Waals surface area (Å²) >= 11 is 0. The highest BCUT2D eigenvalue weighted by Gasteiger charge is 2.35. The average molecular weight is 1300 g/mol. The average Bonchev–Trinajstić information content (AvgIpc) is 0.768. The first kappa shape index (κ1) is 70.5. The molecule has 0 unspecified atom stereocenters. The van der Waals surface area contributed by atoms with Crippen molar-refractivity contribution in [1.82, 2.24) is 0 Å². The summed E-state index contributed by atoms with van der Waals surface area (Å²) in [7, 11) is 0. The van der Waals surface area contributed by atoms with Crippen LogP contribution in [0, 0.1) is 81.6 Å². The Morgan fingerprint density at radius 3 is 0.557 bits per heavy atom. The van der Waals surface area contributed by atoms with Crippen LogP contribution >= 0.6 is 0 Å². The fourth-order valence-corrected chi connectivity index (χ4v) is 13.5. The summed E-state index contributed by atoms with van der Waals surface area (Å²) in [6.45, 7) is 22.9. The van der Waals surface area contributed by atoms with Crippen LogP contribution in [0.5, 0.6) is 63.2 Å². The first-order valence-corrected chi connectivity index (χ1v) is 32.6. The van der Waals surface area contributed by atoms with Gasteiger partial charge in [-0.1, -0.05) is 133 Å². The van der Waals surface area contributed by atoms with Gasteiger partial charge < -0.3 is 56.2 Å². The lowest BCUT2D eigenvalue weighted by atomic mass is 9.68. The number of rotatable bonds is 16. The maximum atomic E-state index is 10.2. The Kier molecular flexibility index (Phi) is 21.4. The Hall–Kier alpha value is -10.8. The molecule has 0 fully saturated rings. The smallest absolute Gasteiger partial charge is 0.118 e. The standard InChI is InChI=1S/C33H36O4.C30H30O4.C23H24O3/c1-21-13-25(5-9-29(21)34)17-33(18-26-6-10-30(35)22(2)14-26,19-27-7-11-31(36)23(3)15-27)20-28-8-12-32(37)24(4)16-28;1-17-13-21(5-9-25(17)31)29(22-6-10-26(32)18(2)14-22)30(23-7-11-27(33)19(3)15-23)24-8-12-28(34)20(4)16-24;1-14-11-17(5-8-20(14)24)23(4,18-6-9-21(25)15(2)12-18)19-7-10-22(26)16(3)13-19/h5-16,34-37H,17-20H2,1-4H3;5-16,29-34H,1-4H3;5-13,24-26H,1-4H3. The molecule has 11 aromatic rings. The van der Waals surface area contributed by atoms with E-state index in [0.29, 0.717) is 0 Å². The first-order chi connectivity index (χ1) is 45.9. The van der Waals surface area contributed by atoms with Gasteiger partial charge in [-0.3, -0.25) is 0 Å². The van der Waals surface area contributed by atoms with Crippen LogP contribution < -0.4 is 0 Å².